The monoisotopic (exact) mass is 262 g/mol. The van der Waals surface area contributed by atoms with Crippen molar-refractivity contribution >= 4 is 18.7 Å². The zero-order valence-electron chi connectivity index (χ0n) is 10.5. The molecule has 0 saturated carbocycles. The second kappa shape index (κ2) is 6.95. The Bertz CT molecular complexity index is 523. The zero-order chi connectivity index (χ0) is 14.3. The lowest BCUT2D eigenvalue weighted by Crippen LogP contribution is -2.04. The molecular weight excluding hydrogens is 248 g/mol. The number of aliphatic imine (C=N–C) groups is 2. The molecule has 1 aromatic rings. The molecule has 0 aliphatic rings. The lowest BCUT2D eigenvalue weighted by atomic mass is 10.1. The molecule has 0 aliphatic heterocycles. The van der Waals surface area contributed by atoms with E-state index in [1.807, 2.05) is 0 Å². The van der Waals surface area contributed by atoms with Gasteiger partial charge in [-0.3, -0.25) is 0 Å². The molecule has 0 amide bonds. The Morgan fingerprint density at radius 2 is 2.26 bits per heavy atom. The van der Waals surface area contributed by atoms with Crippen LogP contribution in [0.1, 0.15) is 15.9 Å². The molecule has 0 unspecified atom stereocenters. The Hall–Kier alpha value is -2.63. The van der Waals surface area contributed by atoms with E-state index in [1.165, 1.54) is 25.4 Å². The summed E-state index contributed by atoms with van der Waals surface area (Å²) in [6.07, 6.45) is 1.29. The van der Waals surface area contributed by atoms with Crippen molar-refractivity contribution in [2.45, 2.75) is 6.61 Å². The van der Waals surface area contributed by atoms with E-state index in [-0.39, 0.29) is 18.2 Å². The lowest BCUT2D eigenvalue weighted by Gasteiger charge is -2.10. The molecule has 0 saturated heterocycles. The number of ether oxygens (including phenoxy) is 2. The van der Waals surface area contributed by atoms with Gasteiger partial charge < -0.3 is 14.6 Å². The van der Waals surface area contributed by atoms with Gasteiger partial charge in [0, 0.05) is 11.8 Å². The highest BCUT2D eigenvalue weighted by Gasteiger charge is 2.10. The Morgan fingerprint density at radius 1 is 1.53 bits per heavy atom. The fourth-order valence-electron chi connectivity index (χ4n) is 1.34. The summed E-state index contributed by atoms with van der Waals surface area (Å²) >= 11 is 0. The summed E-state index contributed by atoms with van der Waals surface area (Å²) in [6, 6.07) is 4.58. The number of aromatic carboxylic acids is 1. The summed E-state index contributed by atoms with van der Waals surface area (Å²) in [4.78, 5) is 18.2. The van der Waals surface area contributed by atoms with Crippen LogP contribution in [-0.4, -0.2) is 30.9 Å². The maximum absolute atomic E-state index is 10.8. The topological polar surface area (TPSA) is 80.5 Å². The molecular formula is C13H14N2O4. The van der Waals surface area contributed by atoms with Crippen molar-refractivity contribution < 1.29 is 19.4 Å². The van der Waals surface area contributed by atoms with E-state index in [9.17, 15) is 4.79 Å². The van der Waals surface area contributed by atoms with Gasteiger partial charge in [-0.05, 0) is 18.9 Å². The van der Waals surface area contributed by atoms with Crippen LogP contribution in [0.4, 0.5) is 0 Å². The number of carboxylic acids is 1. The third-order valence-electron chi connectivity index (χ3n) is 2.23. The SMILES string of the molecule is C=CN=C(N=C)OCc1ccc(C(=O)O)cc1OC. The normalized spacial score (nSPS) is 10.7. The quantitative estimate of drug-likeness (QED) is 0.651. The molecule has 1 rings (SSSR count). The number of carbonyl (C=O) groups is 1. The van der Waals surface area contributed by atoms with Crippen LogP contribution < -0.4 is 4.74 Å². The van der Waals surface area contributed by atoms with Gasteiger partial charge in [0.2, 0.25) is 0 Å². The number of amidine groups is 1. The van der Waals surface area contributed by atoms with E-state index in [4.69, 9.17) is 14.6 Å². The highest BCUT2D eigenvalue weighted by atomic mass is 16.5. The van der Waals surface area contributed by atoms with E-state index in [0.717, 1.165) is 0 Å². The predicted octanol–water partition coefficient (Wildman–Crippen LogP) is 2.11. The molecule has 6 nitrogen and oxygen atoms in total. The molecule has 1 N–H and O–H groups in total. The lowest BCUT2D eigenvalue weighted by molar-refractivity contribution is 0.0696. The summed E-state index contributed by atoms with van der Waals surface area (Å²) in [6.45, 7) is 6.87. The van der Waals surface area contributed by atoms with Crippen molar-refractivity contribution in [3.8, 4) is 5.75 Å². The Labute approximate surface area is 110 Å². The van der Waals surface area contributed by atoms with Crippen molar-refractivity contribution in [2.75, 3.05) is 7.11 Å². The highest BCUT2D eigenvalue weighted by molar-refractivity contribution is 5.88. The highest BCUT2D eigenvalue weighted by Crippen LogP contribution is 2.21. The van der Waals surface area contributed by atoms with Crippen LogP contribution in [-0.2, 0) is 11.3 Å². The van der Waals surface area contributed by atoms with Gasteiger partial charge in [0.1, 0.15) is 12.4 Å². The van der Waals surface area contributed by atoms with Gasteiger partial charge in [-0.15, -0.1) is 0 Å². The minimum Gasteiger partial charge on any atom is -0.496 e. The van der Waals surface area contributed by atoms with E-state index < -0.39 is 5.97 Å². The van der Waals surface area contributed by atoms with Gasteiger partial charge in [0.25, 0.3) is 0 Å². The van der Waals surface area contributed by atoms with E-state index in [2.05, 4.69) is 23.3 Å². The van der Waals surface area contributed by atoms with Crippen molar-refractivity contribution in [3.05, 3.63) is 42.1 Å². The smallest absolute Gasteiger partial charge is 0.335 e. The molecule has 0 heterocycles. The average molecular weight is 262 g/mol. The molecule has 1 aromatic carbocycles. The van der Waals surface area contributed by atoms with Crippen LogP contribution in [0.3, 0.4) is 0 Å². The van der Waals surface area contributed by atoms with Gasteiger partial charge >= 0.3 is 12.0 Å². The number of rotatable bonds is 5. The second-order valence-electron chi connectivity index (χ2n) is 3.37. The number of benzene rings is 1. The summed E-state index contributed by atoms with van der Waals surface area (Å²) in [5, 5.41) is 8.88. The first-order valence-electron chi connectivity index (χ1n) is 5.30. The fraction of sp³-hybridized carbons (Fsp3) is 0.154. The van der Waals surface area contributed by atoms with Crippen LogP contribution in [0.15, 0.2) is 41.0 Å². The first kappa shape index (κ1) is 14.4. The number of hydrogen-bond acceptors (Lipinski definition) is 4. The Kier molecular flexibility index (Phi) is 5.28. The van der Waals surface area contributed by atoms with Crippen LogP contribution in [0.5, 0.6) is 5.75 Å². The van der Waals surface area contributed by atoms with Crippen molar-refractivity contribution in [3.63, 3.8) is 0 Å². The Balaban J connectivity index is 2.89. The molecule has 0 bridgehead atoms. The van der Waals surface area contributed by atoms with Crippen molar-refractivity contribution in [1.82, 2.24) is 0 Å². The largest absolute Gasteiger partial charge is 0.496 e. The van der Waals surface area contributed by atoms with Gasteiger partial charge in [-0.25, -0.2) is 14.8 Å². The summed E-state index contributed by atoms with van der Waals surface area (Å²) in [5.74, 6) is -0.602. The van der Waals surface area contributed by atoms with Gasteiger partial charge in [-0.2, -0.15) is 0 Å². The fourth-order valence-corrected chi connectivity index (χ4v) is 1.34. The van der Waals surface area contributed by atoms with Crippen LogP contribution in [0.2, 0.25) is 0 Å². The minimum atomic E-state index is -1.02. The average Bonchev–Trinajstić information content (AvgIpc) is 2.43. The van der Waals surface area contributed by atoms with E-state index >= 15 is 0 Å². The molecule has 0 aromatic heterocycles. The molecule has 0 atom stereocenters. The number of carboxylic acid groups (broad SMARTS) is 1. The molecule has 0 fully saturated rings. The van der Waals surface area contributed by atoms with Crippen LogP contribution in [0, 0.1) is 0 Å². The molecule has 6 heteroatoms. The summed E-state index contributed by atoms with van der Waals surface area (Å²) in [7, 11) is 1.45. The van der Waals surface area contributed by atoms with Gasteiger partial charge in [0.05, 0.1) is 12.7 Å². The third kappa shape index (κ3) is 3.95. The minimum absolute atomic E-state index is 0.0827. The van der Waals surface area contributed by atoms with Crippen LogP contribution in [0.25, 0.3) is 0 Å². The zero-order valence-corrected chi connectivity index (χ0v) is 10.5. The second-order valence-corrected chi connectivity index (χ2v) is 3.37. The van der Waals surface area contributed by atoms with Crippen LogP contribution >= 0.6 is 0 Å². The van der Waals surface area contributed by atoms with Gasteiger partial charge in [0.15, 0.2) is 0 Å². The number of methoxy groups -OCH3 is 1. The summed E-state index contributed by atoms with van der Waals surface area (Å²) in [5.41, 5.74) is 0.815. The third-order valence-corrected chi connectivity index (χ3v) is 2.23. The van der Waals surface area contributed by atoms with Crippen molar-refractivity contribution in [1.29, 1.82) is 0 Å². The summed E-state index contributed by atoms with van der Waals surface area (Å²) < 4.78 is 10.4. The molecule has 100 valence electrons. The maximum Gasteiger partial charge on any atom is 0.335 e. The number of nitrogens with zero attached hydrogens (tertiary/aromatic N) is 2. The maximum atomic E-state index is 10.8. The molecule has 19 heavy (non-hydrogen) atoms. The number of hydrogen-bond donors (Lipinski definition) is 1. The molecule has 0 radical (unpaired) electrons. The van der Waals surface area contributed by atoms with E-state index in [1.54, 1.807) is 6.07 Å². The van der Waals surface area contributed by atoms with Gasteiger partial charge in [-0.1, -0.05) is 12.6 Å². The standard InChI is InChI=1S/C13H14N2O4/c1-4-15-13(14-2)19-8-10-6-5-9(12(16)17)7-11(10)18-3/h4-7H,1-2,8H2,3H3,(H,16,17). The van der Waals surface area contributed by atoms with E-state index in [0.29, 0.717) is 11.3 Å². The predicted molar refractivity (Wildman–Crippen MR) is 71.9 cm³/mol. The Morgan fingerprint density at radius 3 is 2.79 bits per heavy atom. The molecule has 0 aliphatic carbocycles. The molecule has 0 spiro atoms. The van der Waals surface area contributed by atoms with Crippen molar-refractivity contribution in [2.24, 2.45) is 9.98 Å². The first-order valence-corrected chi connectivity index (χ1v) is 5.30. The first-order chi connectivity index (χ1) is 9.12.